The minimum Gasteiger partial charge on any atom is -0.497 e. The van der Waals surface area contributed by atoms with Gasteiger partial charge in [-0.05, 0) is 76.1 Å². The summed E-state index contributed by atoms with van der Waals surface area (Å²) < 4.78 is 24.8. The molecule has 1 heterocycles. The maximum Gasteiger partial charge on any atom is 0.342 e. The molecule has 0 saturated carbocycles. The average Bonchev–Trinajstić information content (AvgIpc) is 3.38. The summed E-state index contributed by atoms with van der Waals surface area (Å²) in [4.78, 5) is 12.3. The van der Waals surface area contributed by atoms with Gasteiger partial charge in [-0.25, -0.2) is 4.79 Å². The van der Waals surface area contributed by atoms with Crippen molar-refractivity contribution in [1.29, 1.82) is 0 Å². The van der Waals surface area contributed by atoms with Crippen molar-refractivity contribution in [2.24, 2.45) is 0 Å². The molecule has 11 heteroatoms. The van der Waals surface area contributed by atoms with E-state index in [0.29, 0.717) is 57.2 Å². The highest BCUT2D eigenvalue weighted by Gasteiger charge is 2.20. The third-order valence-electron chi connectivity index (χ3n) is 5.83. The van der Waals surface area contributed by atoms with E-state index in [9.17, 15) is 9.90 Å². The first-order valence-corrected chi connectivity index (χ1v) is 13.8. The Kier molecular flexibility index (Phi) is 9.73. The van der Waals surface area contributed by atoms with Gasteiger partial charge in [-0.2, -0.15) is 0 Å². The van der Waals surface area contributed by atoms with Gasteiger partial charge < -0.3 is 28.6 Å². The zero-order valence-corrected chi connectivity index (χ0v) is 24.8. The molecule has 0 saturated heterocycles. The molecule has 3 aromatic carbocycles. The van der Waals surface area contributed by atoms with Crippen molar-refractivity contribution in [3.05, 3.63) is 81.2 Å². The minimum atomic E-state index is -1.10. The number of methoxy groups -OCH3 is 3. The van der Waals surface area contributed by atoms with E-state index in [4.69, 9.17) is 18.9 Å². The van der Waals surface area contributed by atoms with Crippen LogP contribution in [0.4, 0.5) is 0 Å². The van der Waals surface area contributed by atoms with Crippen LogP contribution in [0.1, 0.15) is 18.1 Å². The number of thioether (sulfide) groups is 1. The highest BCUT2D eigenvalue weighted by Crippen LogP contribution is 2.39. The molecule has 208 valence electrons. The van der Waals surface area contributed by atoms with Crippen LogP contribution in [-0.2, 0) is 17.9 Å². The minimum absolute atomic E-state index is 0.0591. The number of nitrogens with zero attached hydrogens (tertiary/aromatic N) is 3. The fourth-order valence-electron chi connectivity index (χ4n) is 3.88. The van der Waals surface area contributed by atoms with Gasteiger partial charge in [0.2, 0.25) is 0 Å². The summed E-state index contributed by atoms with van der Waals surface area (Å²) >= 11 is 4.56. The lowest BCUT2D eigenvalue weighted by Gasteiger charge is -2.14. The topological polar surface area (TPSA) is 105 Å². The second-order valence-electron chi connectivity index (χ2n) is 8.38. The first-order valence-electron chi connectivity index (χ1n) is 12.2. The molecular formula is C29H28BrN3O6S. The maximum atomic E-state index is 12.3. The van der Waals surface area contributed by atoms with E-state index < -0.39 is 5.97 Å². The predicted octanol–water partition coefficient (Wildman–Crippen LogP) is 6.55. The Morgan fingerprint density at radius 3 is 2.30 bits per heavy atom. The normalized spacial score (nSPS) is 11.3. The van der Waals surface area contributed by atoms with Crippen LogP contribution >= 0.6 is 27.7 Å². The lowest BCUT2D eigenvalue weighted by atomic mass is 10.2. The number of benzene rings is 3. The Balaban J connectivity index is 1.64. The van der Waals surface area contributed by atoms with Crippen LogP contribution in [0.5, 0.6) is 23.0 Å². The number of rotatable bonds is 12. The van der Waals surface area contributed by atoms with Gasteiger partial charge in [0.1, 0.15) is 23.0 Å². The molecule has 0 aliphatic heterocycles. The smallest absolute Gasteiger partial charge is 0.342 e. The summed E-state index contributed by atoms with van der Waals surface area (Å²) in [7, 11) is 4.68. The van der Waals surface area contributed by atoms with E-state index in [1.807, 2.05) is 54.0 Å². The molecule has 9 nitrogen and oxygen atoms in total. The third-order valence-corrected chi connectivity index (χ3v) is 7.42. The van der Waals surface area contributed by atoms with Crippen molar-refractivity contribution >= 4 is 39.7 Å². The van der Waals surface area contributed by atoms with Gasteiger partial charge in [0, 0.05) is 18.2 Å². The SMILES string of the molecule is CCn1c(S/C(=C\c2cc(Br)c(OCc3ccccc3)c(OC)c2)C(=O)O)nnc1-c1cc(OC)cc(OC)c1. The van der Waals surface area contributed by atoms with E-state index in [2.05, 4.69) is 26.1 Å². The highest BCUT2D eigenvalue weighted by atomic mass is 79.9. The van der Waals surface area contributed by atoms with Crippen LogP contribution in [0.2, 0.25) is 0 Å². The molecule has 0 atom stereocenters. The molecule has 0 bridgehead atoms. The summed E-state index contributed by atoms with van der Waals surface area (Å²) in [5.74, 6) is 1.68. The summed E-state index contributed by atoms with van der Waals surface area (Å²) in [6.07, 6.45) is 1.56. The molecule has 40 heavy (non-hydrogen) atoms. The number of carbonyl (C=O) groups is 1. The standard InChI is InChI=1S/C29H28BrN3O6S/c1-5-33-27(20-14-21(36-2)16-22(15-20)37-3)31-32-29(33)40-25(28(34)35)13-19-11-23(30)26(24(12-19)38-4)39-17-18-9-7-6-8-10-18/h6-16H,5,17H2,1-4H3,(H,34,35)/b25-13-. The fraction of sp³-hybridized carbons (Fsp3) is 0.207. The van der Waals surface area contributed by atoms with Gasteiger partial charge in [0.25, 0.3) is 0 Å². The van der Waals surface area contributed by atoms with Gasteiger partial charge in [-0.3, -0.25) is 0 Å². The lowest BCUT2D eigenvalue weighted by molar-refractivity contribution is -0.131. The van der Waals surface area contributed by atoms with Gasteiger partial charge >= 0.3 is 5.97 Å². The first-order chi connectivity index (χ1) is 19.4. The number of halogens is 1. The monoisotopic (exact) mass is 625 g/mol. The van der Waals surface area contributed by atoms with Gasteiger partial charge in [0.05, 0.1) is 25.8 Å². The number of carboxylic acids is 1. The number of aliphatic carboxylic acids is 1. The predicted molar refractivity (Wildman–Crippen MR) is 157 cm³/mol. The van der Waals surface area contributed by atoms with E-state index >= 15 is 0 Å². The molecule has 0 unspecified atom stereocenters. The van der Waals surface area contributed by atoms with Gasteiger partial charge in [-0.15, -0.1) is 10.2 Å². The molecule has 4 aromatic rings. The molecule has 0 aliphatic carbocycles. The van der Waals surface area contributed by atoms with Crippen LogP contribution < -0.4 is 18.9 Å². The van der Waals surface area contributed by atoms with E-state index in [0.717, 1.165) is 22.9 Å². The quantitative estimate of drug-likeness (QED) is 0.138. The van der Waals surface area contributed by atoms with Crippen LogP contribution in [-0.4, -0.2) is 47.2 Å². The Morgan fingerprint density at radius 2 is 1.70 bits per heavy atom. The Hall–Kier alpha value is -3.96. The summed E-state index contributed by atoms with van der Waals surface area (Å²) in [5.41, 5.74) is 2.36. The molecular weight excluding hydrogens is 598 g/mol. The zero-order chi connectivity index (χ0) is 28.6. The molecule has 0 radical (unpaired) electrons. The third kappa shape index (κ3) is 6.78. The highest BCUT2D eigenvalue weighted by molar-refractivity contribution is 9.10. The fourth-order valence-corrected chi connectivity index (χ4v) is 5.34. The average molecular weight is 627 g/mol. The Bertz CT molecular complexity index is 1500. The zero-order valence-electron chi connectivity index (χ0n) is 22.4. The maximum absolute atomic E-state index is 12.3. The first kappa shape index (κ1) is 29.0. The van der Waals surface area contributed by atoms with Crippen LogP contribution in [0.3, 0.4) is 0 Å². The van der Waals surface area contributed by atoms with E-state index in [1.54, 1.807) is 38.5 Å². The number of carboxylic acid groups (broad SMARTS) is 1. The van der Waals surface area contributed by atoms with Crippen LogP contribution in [0, 0.1) is 0 Å². The van der Waals surface area contributed by atoms with Crippen molar-refractivity contribution in [3.8, 4) is 34.4 Å². The Morgan fingerprint density at radius 1 is 1.00 bits per heavy atom. The summed E-state index contributed by atoms with van der Waals surface area (Å²) in [6, 6.07) is 18.7. The Labute approximate surface area is 244 Å². The van der Waals surface area contributed by atoms with Crippen LogP contribution in [0.15, 0.2) is 75.2 Å². The molecule has 0 aliphatic rings. The van der Waals surface area contributed by atoms with Gasteiger partial charge in [-0.1, -0.05) is 30.3 Å². The van der Waals surface area contributed by atoms with Gasteiger partial charge in [0.15, 0.2) is 22.5 Å². The van der Waals surface area contributed by atoms with Crippen molar-refractivity contribution in [2.75, 3.05) is 21.3 Å². The number of aromatic nitrogens is 3. The number of hydrogen-bond acceptors (Lipinski definition) is 8. The largest absolute Gasteiger partial charge is 0.497 e. The van der Waals surface area contributed by atoms with Crippen LogP contribution in [0.25, 0.3) is 17.5 Å². The molecule has 0 fully saturated rings. The summed E-state index contributed by atoms with van der Waals surface area (Å²) in [5, 5.41) is 19.1. The molecule has 4 rings (SSSR count). The second-order valence-corrected chi connectivity index (χ2v) is 10.2. The number of hydrogen-bond donors (Lipinski definition) is 1. The van der Waals surface area contributed by atoms with E-state index in [-0.39, 0.29) is 4.91 Å². The number of ether oxygens (including phenoxy) is 4. The van der Waals surface area contributed by atoms with Crippen molar-refractivity contribution in [2.45, 2.75) is 25.2 Å². The van der Waals surface area contributed by atoms with Crippen molar-refractivity contribution in [3.63, 3.8) is 0 Å². The second kappa shape index (κ2) is 13.4. The van der Waals surface area contributed by atoms with Crippen molar-refractivity contribution < 1.29 is 28.8 Å². The molecule has 0 spiro atoms. The lowest BCUT2D eigenvalue weighted by Crippen LogP contribution is -2.03. The van der Waals surface area contributed by atoms with E-state index in [1.165, 1.54) is 7.11 Å². The summed E-state index contributed by atoms with van der Waals surface area (Å²) in [6.45, 7) is 2.81. The molecule has 0 amide bonds. The van der Waals surface area contributed by atoms with Crippen molar-refractivity contribution in [1.82, 2.24) is 14.8 Å². The molecule has 1 N–H and O–H groups in total. The molecule has 1 aromatic heterocycles.